The normalized spacial score (nSPS) is 12.4. The van der Waals surface area contributed by atoms with Crippen molar-refractivity contribution in [3.8, 4) is 6.07 Å². The van der Waals surface area contributed by atoms with Crippen molar-refractivity contribution in [3.63, 3.8) is 0 Å². The van der Waals surface area contributed by atoms with Crippen LogP contribution in [0.4, 0.5) is 0 Å². The molecule has 0 aromatic heterocycles. The van der Waals surface area contributed by atoms with E-state index in [9.17, 15) is 0 Å². The van der Waals surface area contributed by atoms with E-state index in [1.165, 1.54) is 6.08 Å². The summed E-state index contributed by atoms with van der Waals surface area (Å²) in [5.74, 6) is 0. The Morgan fingerprint density at radius 1 is 1.70 bits per heavy atom. The van der Waals surface area contributed by atoms with Crippen molar-refractivity contribution >= 4 is 6.21 Å². The van der Waals surface area contributed by atoms with Crippen molar-refractivity contribution in [2.24, 2.45) is 10.7 Å². The topological polar surface area (TPSA) is 62.2 Å². The zero-order valence-corrected chi connectivity index (χ0v) is 6.20. The minimum absolute atomic E-state index is 0.185. The molecule has 0 aliphatic rings. The van der Waals surface area contributed by atoms with Crippen LogP contribution in [0.5, 0.6) is 0 Å². The second kappa shape index (κ2) is 4.57. The zero-order valence-electron chi connectivity index (χ0n) is 6.20. The van der Waals surface area contributed by atoms with Crippen LogP contribution in [-0.4, -0.2) is 12.3 Å². The van der Waals surface area contributed by atoms with Crippen LogP contribution in [-0.2, 0) is 0 Å². The van der Waals surface area contributed by atoms with Crippen LogP contribution in [0.1, 0.15) is 13.8 Å². The standard InChI is InChI=1S/C7H11N3/c1-6(2)10-4-3-7(9)5-8/h3-4,6H,9H2,1-2H3. The third-order valence-electron chi connectivity index (χ3n) is 0.767. The number of nitriles is 1. The van der Waals surface area contributed by atoms with E-state index in [2.05, 4.69) is 4.99 Å². The van der Waals surface area contributed by atoms with Crippen molar-refractivity contribution in [1.29, 1.82) is 5.26 Å². The van der Waals surface area contributed by atoms with Crippen LogP contribution in [0.15, 0.2) is 16.8 Å². The minimum Gasteiger partial charge on any atom is -0.390 e. The van der Waals surface area contributed by atoms with E-state index < -0.39 is 0 Å². The second-order valence-corrected chi connectivity index (χ2v) is 2.13. The van der Waals surface area contributed by atoms with Gasteiger partial charge in [-0.1, -0.05) is 0 Å². The van der Waals surface area contributed by atoms with Crippen LogP contribution >= 0.6 is 0 Å². The molecular formula is C7H11N3. The van der Waals surface area contributed by atoms with Gasteiger partial charge in [-0.2, -0.15) is 5.26 Å². The molecule has 0 atom stereocenters. The predicted octanol–water partition coefficient (Wildman–Crippen LogP) is 0.832. The number of aliphatic imine (C=N–C) groups is 1. The van der Waals surface area contributed by atoms with E-state index in [1.54, 1.807) is 12.3 Å². The predicted molar refractivity (Wildman–Crippen MR) is 41.5 cm³/mol. The highest BCUT2D eigenvalue weighted by Gasteiger charge is 1.82. The van der Waals surface area contributed by atoms with Crippen molar-refractivity contribution in [2.75, 3.05) is 0 Å². The zero-order chi connectivity index (χ0) is 7.98. The Kier molecular flexibility index (Phi) is 3.97. The fourth-order valence-corrected chi connectivity index (χ4v) is 0.333. The quantitative estimate of drug-likeness (QED) is 0.452. The molecular weight excluding hydrogens is 126 g/mol. The van der Waals surface area contributed by atoms with Gasteiger partial charge in [0.1, 0.15) is 11.8 Å². The van der Waals surface area contributed by atoms with Crippen LogP contribution in [0.3, 0.4) is 0 Å². The molecule has 10 heavy (non-hydrogen) atoms. The second-order valence-electron chi connectivity index (χ2n) is 2.13. The molecule has 0 aromatic carbocycles. The highest BCUT2D eigenvalue weighted by atomic mass is 14.7. The van der Waals surface area contributed by atoms with E-state index in [4.69, 9.17) is 11.0 Å². The number of hydrogen-bond donors (Lipinski definition) is 1. The molecule has 0 fully saturated rings. The van der Waals surface area contributed by atoms with Gasteiger partial charge in [-0.15, -0.1) is 0 Å². The molecule has 0 amide bonds. The summed E-state index contributed by atoms with van der Waals surface area (Å²) in [5.41, 5.74) is 5.35. The Hall–Kier alpha value is -1.30. The number of hydrogen-bond acceptors (Lipinski definition) is 3. The Bertz CT molecular complexity index is 184. The fourth-order valence-electron chi connectivity index (χ4n) is 0.333. The first-order chi connectivity index (χ1) is 4.66. The third kappa shape index (κ3) is 4.85. The monoisotopic (exact) mass is 137 g/mol. The summed E-state index contributed by atoms with van der Waals surface area (Å²) in [6, 6.07) is 2.04. The summed E-state index contributed by atoms with van der Waals surface area (Å²) in [7, 11) is 0. The summed E-state index contributed by atoms with van der Waals surface area (Å²) in [4.78, 5) is 3.98. The first kappa shape index (κ1) is 8.70. The summed E-state index contributed by atoms with van der Waals surface area (Å²) < 4.78 is 0. The van der Waals surface area contributed by atoms with Crippen molar-refractivity contribution in [2.45, 2.75) is 19.9 Å². The summed E-state index contributed by atoms with van der Waals surface area (Å²) in [6.45, 7) is 3.90. The maximum atomic E-state index is 8.20. The molecule has 0 unspecified atom stereocenters. The molecule has 0 saturated heterocycles. The van der Waals surface area contributed by atoms with E-state index in [0.717, 1.165) is 0 Å². The molecule has 0 rings (SSSR count). The lowest BCUT2D eigenvalue weighted by Crippen LogP contribution is -1.94. The molecule has 0 heterocycles. The van der Waals surface area contributed by atoms with Gasteiger partial charge in [-0.3, -0.25) is 4.99 Å². The van der Waals surface area contributed by atoms with E-state index >= 15 is 0 Å². The molecule has 0 bridgehead atoms. The van der Waals surface area contributed by atoms with Gasteiger partial charge in [0, 0.05) is 12.3 Å². The SMILES string of the molecule is CC(C)N=CC=C(N)C#N. The summed E-state index contributed by atoms with van der Waals surface area (Å²) in [6.07, 6.45) is 3.03. The molecule has 2 N–H and O–H groups in total. The van der Waals surface area contributed by atoms with Crippen LogP contribution < -0.4 is 5.73 Å². The van der Waals surface area contributed by atoms with Gasteiger partial charge in [0.15, 0.2) is 0 Å². The number of rotatable bonds is 2. The van der Waals surface area contributed by atoms with Crippen molar-refractivity contribution < 1.29 is 0 Å². The van der Waals surface area contributed by atoms with Crippen molar-refractivity contribution in [1.82, 2.24) is 0 Å². The Labute approximate surface area is 60.9 Å². The third-order valence-corrected chi connectivity index (χ3v) is 0.767. The largest absolute Gasteiger partial charge is 0.390 e. The lowest BCUT2D eigenvalue weighted by Gasteiger charge is -1.89. The van der Waals surface area contributed by atoms with Gasteiger partial charge in [0.2, 0.25) is 0 Å². The molecule has 0 saturated carbocycles. The molecule has 54 valence electrons. The Balaban J connectivity index is 3.85. The van der Waals surface area contributed by atoms with E-state index in [1.807, 2.05) is 13.8 Å². The van der Waals surface area contributed by atoms with Crippen LogP contribution in [0.2, 0.25) is 0 Å². The van der Waals surface area contributed by atoms with Crippen LogP contribution in [0.25, 0.3) is 0 Å². The first-order valence-electron chi connectivity index (χ1n) is 3.06. The highest BCUT2D eigenvalue weighted by molar-refractivity contribution is 5.73. The van der Waals surface area contributed by atoms with Gasteiger partial charge < -0.3 is 5.73 Å². The molecule has 0 spiro atoms. The van der Waals surface area contributed by atoms with Crippen molar-refractivity contribution in [3.05, 3.63) is 11.8 Å². The lowest BCUT2D eigenvalue weighted by molar-refractivity contribution is 0.841. The molecule has 0 aliphatic carbocycles. The Morgan fingerprint density at radius 2 is 2.30 bits per heavy atom. The smallest absolute Gasteiger partial charge is 0.117 e. The Morgan fingerprint density at radius 3 is 2.70 bits per heavy atom. The number of allylic oxidation sites excluding steroid dienone is 2. The highest BCUT2D eigenvalue weighted by Crippen LogP contribution is 1.83. The fraction of sp³-hybridized carbons (Fsp3) is 0.429. The van der Waals surface area contributed by atoms with E-state index in [-0.39, 0.29) is 11.7 Å². The van der Waals surface area contributed by atoms with Gasteiger partial charge in [0.05, 0.1) is 0 Å². The van der Waals surface area contributed by atoms with Gasteiger partial charge in [0.25, 0.3) is 0 Å². The molecule has 0 aliphatic heterocycles. The van der Waals surface area contributed by atoms with Gasteiger partial charge in [-0.25, -0.2) is 0 Å². The maximum absolute atomic E-state index is 8.20. The van der Waals surface area contributed by atoms with E-state index in [0.29, 0.717) is 0 Å². The average Bonchev–Trinajstić information content (AvgIpc) is 1.87. The lowest BCUT2D eigenvalue weighted by atomic mass is 10.4. The van der Waals surface area contributed by atoms with Gasteiger partial charge in [-0.05, 0) is 19.9 Å². The molecule has 3 heteroatoms. The first-order valence-corrected chi connectivity index (χ1v) is 3.06. The molecule has 0 aromatic rings. The molecule has 3 nitrogen and oxygen atoms in total. The maximum Gasteiger partial charge on any atom is 0.117 e. The number of nitrogens with two attached hydrogens (primary N) is 1. The number of nitrogens with zero attached hydrogens (tertiary/aromatic N) is 2. The summed E-state index contributed by atoms with van der Waals surface area (Å²) in [5, 5.41) is 8.20. The molecule has 0 radical (unpaired) electrons. The minimum atomic E-state index is 0.185. The van der Waals surface area contributed by atoms with Crippen LogP contribution in [0, 0.1) is 11.3 Å². The van der Waals surface area contributed by atoms with Gasteiger partial charge >= 0.3 is 0 Å². The average molecular weight is 137 g/mol. The summed E-state index contributed by atoms with van der Waals surface area (Å²) >= 11 is 0.